The molecule has 0 bridgehead atoms. The SMILES string of the molecule is COc1ccc2c(c1OCc1ccccc1)C1(C)CC(=O)[C@H](C)CC1[C@@H](N)C2. The van der Waals surface area contributed by atoms with Crippen molar-refractivity contribution in [1.82, 2.24) is 0 Å². The summed E-state index contributed by atoms with van der Waals surface area (Å²) in [5, 5.41) is 0. The predicted molar refractivity (Wildman–Crippen MR) is 110 cm³/mol. The number of carbonyl (C=O) groups excluding carboxylic acids is 1. The third-order valence-corrected chi connectivity index (χ3v) is 6.71. The number of methoxy groups -OCH3 is 1. The van der Waals surface area contributed by atoms with Gasteiger partial charge in [-0.05, 0) is 36.0 Å². The van der Waals surface area contributed by atoms with E-state index in [1.165, 1.54) is 5.56 Å². The molecular weight excluding hydrogens is 350 g/mol. The molecule has 0 aromatic heterocycles. The first-order valence-electron chi connectivity index (χ1n) is 10.1. The van der Waals surface area contributed by atoms with Crippen molar-refractivity contribution in [2.24, 2.45) is 17.6 Å². The molecule has 0 radical (unpaired) electrons. The second-order valence-corrected chi connectivity index (χ2v) is 8.58. The molecule has 4 atom stereocenters. The van der Waals surface area contributed by atoms with Crippen LogP contribution < -0.4 is 15.2 Å². The van der Waals surface area contributed by atoms with Gasteiger partial charge in [-0.15, -0.1) is 0 Å². The number of benzene rings is 2. The van der Waals surface area contributed by atoms with Crippen LogP contribution in [0.2, 0.25) is 0 Å². The fraction of sp³-hybridized carbons (Fsp3) is 0.458. The van der Waals surface area contributed by atoms with Gasteiger partial charge in [0.15, 0.2) is 11.5 Å². The van der Waals surface area contributed by atoms with Gasteiger partial charge in [0.2, 0.25) is 0 Å². The minimum absolute atomic E-state index is 0.0587. The molecule has 0 amide bonds. The van der Waals surface area contributed by atoms with Gasteiger partial charge in [-0.1, -0.05) is 50.2 Å². The zero-order valence-electron chi connectivity index (χ0n) is 16.9. The molecule has 2 aliphatic rings. The van der Waals surface area contributed by atoms with E-state index in [-0.39, 0.29) is 23.3 Å². The van der Waals surface area contributed by atoms with E-state index in [9.17, 15) is 4.79 Å². The molecule has 2 aliphatic carbocycles. The van der Waals surface area contributed by atoms with Crippen LogP contribution in [0.5, 0.6) is 11.5 Å². The summed E-state index contributed by atoms with van der Waals surface area (Å²) in [5.41, 5.74) is 9.68. The lowest BCUT2D eigenvalue weighted by Crippen LogP contribution is -2.54. The molecule has 148 valence electrons. The lowest BCUT2D eigenvalue weighted by atomic mass is 9.54. The molecule has 2 N–H and O–H groups in total. The van der Waals surface area contributed by atoms with E-state index < -0.39 is 0 Å². The van der Waals surface area contributed by atoms with Crippen molar-refractivity contribution >= 4 is 5.78 Å². The summed E-state index contributed by atoms with van der Waals surface area (Å²) in [6.07, 6.45) is 2.15. The molecule has 0 heterocycles. The number of fused-ring (bicyclic) bond motifs is 3. The Morgan fingerprint density at radius 2 is 1.93 bits per heavy atom. The van der Waals surface area contributed by atoms with Crippen LogP contribution in [-0.2, 0) is 23.2 Å². The Balaban J connectivity index is 1.80. The van der Waals surface area contributed by atoms with Crippen LogP contribution in [-0.4, -0.2) is 18.9 Å². The number of hydrogen-bond acceptors (Lipinski definition) is 4. The Labute approximate surface area is 167 Å². The fourth-order valence-electron chi connectivity index (χ4n) is 5.19. The monoisotopic (exact) mass is 379 g/mol. The molecule has 28 heavy (non-hydrogen) atoms. The maximum absolute atomic E-state index is 12.7. The molecule has 1 fully saturated rings. The van der Waals surface area contributed by atoms with E-state index in [4.69, 9.17) is 15.2 Å². The van der Waals surface area contributed by atoms with Gasteiger partial charge >= 0.3 is 0 Å². The van der Waals surface area contributed by atoms with Crippen LogP contribution in [0.3, 0.4) is 0 Å². The average molecular weight is 380 g/mol. The summed E-state index contributed by atoms with van der Waals surface area (Å²) in [6, 6.07) is 14.2. The van der Waals surface area contributed by atoms with Crippen molar-refractivity contribution in [1.29, 1.82) is 0 Å². The Morgan fingerprint density at radius 1 is 1.18 bits per heavy atom. The third-order valence-electron chi connectivity index (χ3n) is 6.71. The molecule has 4 rings (SSSR count). The molecule has 2 aromatic carbocycles. The summed E-state index contributed by atoms with van der Waals surface area (Å²) in [6.45, 7) is 4.68. The summed E-state index contributed by atoms with van der Waals surface area (Å²) >= 11 is 0. The first kappa shape index (κ1) is 19.0. The average Bonchev–Trinajstić information content (AvgIpc) is 2.69. The fourth-order valence-corrected chi connectivity index (χ4v) is 5.19. The Bertz CT molecular complexity index is 879. The molecule has 1 saturated carbocycles. The highest BCUT2D eigenvalue weighted by Crippen LogP contribution is 2.54. The van der Waals surface area contributed by atoms with Crippen LogP contribution >= 0.6 is 0 Å². The smallest absolute Gasteiger partial charge is 0.165 e. The zero-order chi connectivity index (χ0) is 19.9. The Kier molecular flexibility index (Phi) is 4.92. The number of hydrogen-bond donors (Lipinski definition) is 1. The lowest BCUT2D eigenvalue weighted by molar-refractivity contribution is -0.128. The van der Waals surface area contributed by atoms with Crippen molar-refractivity contribution in [2.45, 2.75) is 51.2 Å². The van der Waals surface area contributed by atoms with Gasteiger partial charge in [0.25, 0.3) is 0 Å². The molecule has 4 nitrogen and oxygen atoms in total. The first-order valence-corrected chi connectivity index (χ1v) is 10.1. The van der Waals surface area contributed by atoms with Gasteiger partial charge < -0.3 is 15.2 Å². The van der Waals surface area contributed by atoms with Crippen LogP contribution in [0, 0.1) is 11.8 Å². The summed E-state index contributed by atoms with van der Waals surface area (Å²) in [5.74, 6) is 2.14. The van der Waals surface area contributed by atoms with E-state index in [2.05, 4.69) is 13.0 Å². The number of Topliss-reactive ketones (excluding diaryl/α,β-unsaturated/α-hetero) is 1. The predicted octanol–water partition coefficient (Wildman–Crippen LogP) is 4.03. The Morgan fingerprint density at radius 3 is 2.64 bits per heavy atom. The number of ketones is 1. The van der Waals surface area contributed by atoms with Gasteiger partial charge in [0.1, 0.15) is 12.4 Å². The largest absolute Gasteiger partial charge is 0.493 e. The second kappa shape index (κ2) is 7.25. The number of nitrogens with two attached hydrogens (primary N) is 1. The van der Waals surface area contributed by atoms with E-state index in [1.807, 2.05) is 43.3 Å². The molecule has 0 saturated heterocycles. The number of rotatable bonds is 4. The molecule has 0 spiro atoms. The van der Waals surface area contributed by atoms with Gasteiger partial charge in [-0.2, -0.15) is 0 Å². The summed E-state index contributed by atoms with van der Waals surface area (Å²) in [7, 11) is 1.67. The molecule has 4 heteroatoms. The van der Waals surface area contributed by atoms with Crippen molar-refractivity contribution in [3.8, 4) is 11.5 Å². The van der Waals surface area contributed by atoms with Crippen molar-refractivity contribution in [2.75, 3.05) is 7.11 Å². The maximum Gasteiger partial charge on any atom is 0.165 e. The van der Waals surface area contributed by atoms with E-state index in [1.54, 1.807) is 7.11 Å². The first-order chi connectivity index (χ1) is 13.4. The molecule has 2 unspecified atom stereocenters. The van der Waals surface area contributed by atoms with Crippen molar-refractivity contribution in [3.63, 3.8) is 0 Å². The van der Waals surface area contributed by atoms with E-state index in [0.29, 0.717) is 18.8 Å². The van der Waals surface area contributed by atoms with Crippen molar-refractivity contribution < 1.29 is 14.3 Å². The molecular formula is C24H29NO3. The quantitative estimate of drug-likeness (QED) is 0.871. The van der Waals surface area contributed by atoms with E-state index in [0.717, 1.165) is 35.5 Å². The summed E-state index contributed by atoms with van der Waals surface area (Å²) < 4.78 is 12.0. The van der Waals surface area contributed by atoms with Crippen LogP contribution in [0.15, 0.2) is 42.5 Å². The maximum atomic E-state index is 12.7. The van der Waals surface area contributed by atoms with Crippen molar-refractivity contribution in [3.05, 3.63) is 59.2 Å². The van der Waals surface area contributed by atoms with E-state index >= 15 is 0 Å². The lowest BCUT2D eigenvalue weighted by Gasteiger charge is -2.50. The highest BCUT2D eigenvalue weighted by molar-refractivity contribution is 5.84. The Hall–Kier alpha value is -2.33. The standard InChI is InChI=1S/C24H29NO3/c1-15-11-18-19(25)12-17-9-10-21(27-3)23(22(17)24(18,2)13-20(15)26)28-14-16-7-5-4-6-8-16/h4-10,15,18-19H,11-14,25H2,1-3H3/t15-,18?,19+,24?/m1/s1. The van der Waals surface area contributed by atoms with Gasteiger partial charge in [0, 0.05) is 29.4 Å². The van der Waals surface area contributed by atoms with Gasteiger partial charge in [0.05, 0.1) is 7.11 Å². The molecule has 0 aliphatic heterocycles. The normalized spacial score (nSPS) is 29.0. The second-order valence-electron chi connectivity index (χ2n) is 8.58. The van der Waals surface area contributed by atoms with Crippen LogP contribution in [0.1, 0.15) is 43.4 Å². The zero-order valence-corrected chi connectivity index (χ0v) is 16.9. The van der Waals surface area contributed by atoms with Crippen LogP contribution in [0.25, 0.3) is 0 Å². The van der Waals surface area contributed by atoms with Gasteiger partial charge in [-0.3, -0.25) is 4.79 Å². The topological polar surface area (TPSA) is 61.5 Å². The highest BCUT2D eigenvalue weighted by atomic mass is 16.5. The minimum atomic E-state index is -0.322. The third kappa shape index (κ3) is 3.10. The van der Waals surface area contributed by atoms with Gasteiger partial charge in [-0.25, -0.2) is 0 Å². The summed E-state index contributed by atoms with van der Waals surface area (Å²) in [4.78, 5) is 12.7. The number of carbonyl (C=O) groups is 1. The minimum Gasteiger partial charge on any atom is -0.493 e. The van der Waals surface area contributed by atoms with Crippen LogP contribution in [0.4, 0.5) is 0 Å². The highest BCUT2D eigenvalue weighted by Gasteiger charge is 2.51. The number of ether oxygens (including phenoxy) is 2. The molecule has 2 aromatic rings.